The first kappa shape index (κ1) is 19.0. The predicted octanol–water partition coefficient (Wildman–Crippen LogP) is 3.32. The fourth-order valence-corrected chi connectivity index (χ4v) is 3.31. The maximum Gasteiger partial charge on any atom is 0.253 e. The highest BCUT2D eigenvalue weighted by molar-refractivity contribution is 5.95. The second-order valence-electron chi connectivity index (χ2n) is 6.98. The van der Waals surface area contributed by atoms with Gasteiger partial charge in [-0.05, 0) is 46.1 Å². The second kappa shape index (κ2) is 8.73. The maximum atomic E-state index is 12.5. The molecule has 26 heavy (non-hydrogen) atoms. The minimum atomic E-state index is -0.567. The van der Waals surface area contributed by atoms with Crippen LogP contribution in [0.3, 0.4) is 0 Å². The van der Waals surface area contributed by atoms with Crippen LogP contribution in [0.1, 0.15) is 45.6 Å². The lowest BCUT2D eigenvalue weighted by Crippen LogP contribution is -2.32. The number of hydrogen-bond donors (Lipinski definition) is 1. The quantitative estimate of drug-likeness (QED) is 0.805. The Kier molecular flexibility index (Phi) is 6.38. The highest BCUT2D eigenvalue weighted by atomic mass is 16.5. The third-order valence-electron chi connectivity index (χ3n) is 4.73. The van der Waals surface area contributed by atoms with Gasteiger partial charge in [0.1, 0.15) is 23.7 Å². The van der Waals surface area contributed by atoms with Gasteiger partial charge in [-0.25, -0.2) is 0 Å². The van der Waals surface area contributed by atoms with Crippen molar-refractivity contribution in [2.24, 2.45) is 0 Å². The van der Waals surface area contributed by atoms with Crippen LogP contribution in [0.2, 0.25) is 0 Å². The first-order valence-corrected chi connectivity index (χ1v) is 9.57. The molecule has 1 saturated heterocycles. The van der Waals surface area contributed by atoms with Crippen LogP contribution in [0.25, 0.3) is 0 Å². The smallest absolute Gasteiger partial charge is 0.253 e. The van der Waals surface area contributed by atoms with Crippen molar-refractivity contribution in [3.8, 4) is 11.5 Å². The molecule has 0 bridgehead atoms. The predicted molar refractivity (Wildman–Crippen MR) is 99.0 cm³/mol. The standard InChI is InChI=1S/C20H29NO5/c1-4-23-19-10-15-9-13(2)26-18(15)11-17(19)21-20(22)14(3)25-12-16-7-5-6-8-24-16/h10-11,13-14,16H,4-9,12H2,1-3H3,(H,21,22). The molecule has 0 spiro atoms. The highest BCUT2D eigenvalue weighted by Crippen LogP contribution is 2.38. The van der Waals surface area contributed by atoms with Gasteiger partial charge in [0, 0.05) is 24.7 Å². The average Bonchev–Trinajstić information content (AvgIpc) is 2.99. The zero-order valence-electron chi connectivity index (χ0n) is 15.9. The van der Waals surface area contributed by atoms with Crippen molar-refractivity contribution in [3.63, 3.8) is 0 Å². The summed E-state index contributed by atoms with van der Waals surface area (Å²) in [5.74, 6) is 1.27. The minimum absolute atomic E-state index is 0.0906. The summed E-state index contributed by atoms with van der Waals surface area (Å²) in [6, 6.07) is 3.80. The Morgan fingerprint density at radius 1 is 1.38 bits per heavy atom. The van der Waals surface area contributed by atoms with E-state index in [1.54, 1.807) is 6.92 Å². The fraction of sp³-hybridized carbons (Fsp3) is 0.650. The molecule has 0 radical (unpaired) electrons. The number of hydrogen-bond acceptors (Lipinski definition) is 5. The zero-order valence-corrected chi connectivity index (χ0v) is 15.9. The number of anilines is 1. The van der Waals surface area contributed by atoms with E-state index in [9.17, 15) is 4.79 Å². The van der Waals surface area contributed by atoms with E-state index < -0.39 is 6.10 Å². The number of carbonyl (C=O) groups excluding carboxylic acids is 1. The topological polar surface area (TPSA) is 66.0 Å². The summed E-state index contributed by atoms with van der Waals surface area (Å²) >= 11 is 0. The Morgan fingerprint density at radius 3 is 2.96 bits per heavy atom. The molecule has 2 aliphatic heterocycles. The van der Waals surface area contributed by atoms with E-state index >= 15 is 0 Å². The summed E-state index contributed by atoms with van der Waals surface area (Å²) < 4.78 is 22.9. The summed E-state index contributed by atoms with van der Waals surface area (Å²) in [6.45, 7) is 7.46. The molecule has 1 fully saturated rings. The molecule has 0 saturated carbocycles. The van der Waals surface area contributed by atoms with Crippen LogP contribution in [-0.2, 0) is 20.7 Å². The van der Waals surface area contributed by atoms with Gasteiger partial charge >= 0.3 is 0 Å². The molecule has 2 aliphatic rings. The van der Waals surface area contributed by atoms with Gasteiger partial charge in [-0.3, -0.25) is 4.79 Å². The number of fused-ring (bicyclic) bond motifs is 1. The van der Waals surface area contributed by atoms with Gasteiger partial charge in [-0.1, -0.05) is 0 Å². The molecule has 2 heterocycles. The molecule has 0 aliphatic carbocycles. The molecular weight excluding hydrogens is 334 g/mol. The number of nitrogens with one attached hydrogen (secondary N) is 1. The van der Waals surface area contributed by atoms with Crippen molar-refractivity contribution in [3.05, 3.63) is 17.7 Å². The molecule has 1 aromatic carbocycles. The third-order valence-corrected chi connectivity index (χ3v) is 4.73. The molecule has 1 aromatic rings. The summed E-state index contributed by atoms with van der Waals surface area (Å²) in [5, 5.41) is 2.92. The first-order chi connectivity index (χ1) is 12.6. The van der Waals surface area contributed by atoms with E-state index in [0.29, 0.717) is 24.7 Å². The Bertz CT molecular complexity index is 627. The van der Waals surface area contributed by atoms with Crippen molar-refractivity contribution in [2.45, 2.75) is 64.8 Å². The van der Waals surface area contributed by atoms with Crippen LogP contribution in [0.15, 0.2) is 12.1 Å². The van der Waals surface area contributed by atoms with E-state index in [4.69, 9.17) is 18.9 Å². The summed E-state index contributed by atoms with van der Waals surface area (Å²) in [7, 11) is 0. The minimum Gasteiger partial charge on any atom is -0.492 e. The van der Waals surface area contributed by atoms with E-state index in [2.05, 4.69) is 5.32 Å². The molecular formula is C20H29NO5. The van der Waals surface area contributed by atoms with Crippen molar-refractivity contribution >= 4 is 11.6 Å². The highest BCUT2D eigenvalue weighted by Gasteiger charge is 2.24. The lowest BCUT2D eigenvalue weighted by atomic mass is 10.1. The lowest BCUT2D eigenvalue weighted by Gasteiger charge is -2.24. The van der Waals surface area contributed by atoms with E-state index in [1.807, 2.05) is 26.0 Å². The number of amides is 1. The Labute approximate surface area is 155 Å². The number of benzene rings is 1. The molecule has 144 valence electrons. The van der Waals surface area contributed by atoms with Gasteiger partial charge in [0.15, 0.2) is 0 Å². The average molecular weight is 363 g/mol. The van der Waals surface area contributed by atoms with Crippen LogP contribution in [0, 0.1) is 0 Å². The van der Waals surface area contributed by atoms with Gasteiger partial charge in [-0.2, -0.15) is 0 Å². The van der Waals surface area contributed by atoms with Gasteiger partial charge in [0.25, 0.3) is 5.91 Å². The molecule has 6 nitrogen and oxygen atoms in total. The Morgan fingerprint density at radius 2 is 2.23 bits per heavy atom. The maximum absolute atomic E-state index is 12.5. The van der Waals surface area contributed by atoms with E-state index in [1.165, 1.54) is 0 Å². The molecule has 1 amide bonds. The van der Waals surface area contributed by atoms with E-state index in [0.717, 1.165) is 43.6 Å². The summed E-state index contributed by atoms with van der Waals surface area (Å²) in [6.07, 6.45) is 3.76. The molecule has 3 rings (SSSR count). The van der Waals surface area contributed by atoms with Gasteiger partial charge in [0.05, 0.1) is 25.0 Å². The van der Waals surface area contributed by atoms with Crippen molar-refractivity contribution in [1.29, 1.82) is 0 Å². The van der Waals surface area contributed by atoms with Gasteiger partial charge < -0.3 is 24.3 Å². The largest absolute Gasteiger partial charge is 0.492 e. The zero-order chi connectivity index (χ0) is 18.5. The molecule has 3 atom stereocenters. The molecule has 3 unspecified atom stereocenters. The Hall–Kier alpha value is -1.79. The van der Waals surface area contributed by atoms with Crippen LogP contribution >= 0.6 is 0 Å². The van der Waals surface area contributed by atoms with E-state index in [-0.39, 0.29) is 18.1 Å². The second-order valence-corrected chi connectivity index (χ2v) is 6.98. The normalized spacial score (nSPS) is 23.0. The van der Waals surface area contributed by atoms with Crippen molar-refractivity contribution in [1.82, 2.24) is 0 Å². The van der Waals surface area contributed by atoms with Crippen LogP contribution < -0.4 is 14.8 Å². The first-order valence-electron chi connectivity index (χ1n) is 9.57. The van der Waals surface area contributed by atoms with Crippen LogP contribution in [0.4, 0.5) is 5.69 Å². The lowest BCUT2D eigenvalue weighted by molar-refractivity contribution is -0.130. The molecule has 1 N–H and O–H groups in total. The summed E-state index contributed by atoms with van der Waals surface area (Å²) in [5.41, 5.74) is 1.73. The number of ether oxygens (including phenoxy) is 4. The number of carbonyl (C=O) groups is 1. The van der Waals surface area contributed by atoms with Gasteiger partial charge in [0.2, 0.25) is 0 Å². The number of rotatable bonds is 7. The van der Waals surface area contributed by atoms with Crippen molar-refractivity contribution in [2.75, 3.05) is 25.1 Å². The van der Waals surface area contributed by atoms with Gasteiger partial charge in [-0.15, -0.1) is 0 Å². The van der Waals surface area contributed by atoms with Crippen LogP contribution in [0.5, 0.6) is 11.5 Å². The fourth-order valence-electron chi connectivity index (χ4n) is 3.31. The van der Waals surface area contributed by atoms with Crippen LogP contribution in [-0.4, -0.2) is 44.0 Å². The molecule has 0 aromatic heterocycles. The molecule has 6 heteroatoms. The monoisotopic (exact) mass is 363 g/mol. The Balaban J connectivity index is 1.61. The SMILES string of the molecule is CCOc1cc2c(cc1NC(=O)C(C)OCC1CCCCO1)OC(C)C2. The van der Waals surface area contributed by atoms with Crippen molar-refractivity contribution < 1.29 is 23.7 Å². The third kappa shape index (κ3) is 4.68. The summed E-state index contributed by atoms with van der Waals surface area (Å²) in [4.78, 5) is 12.5.